The number of carbonyl (C=O) groups is 1. The average Bonchev–Trinajstić information content (AvgIpc) is 3.10. The molecule has 0 aromatic rings. The summed E-state index contributed by atoms with van der Waals surface area (Å²) in [7, 11) is 1.47. The number of hydrogen-bond acceptors (Lipinski definition) is 4. The molecule has 4 aliphatic carbocycles. The van der Waals surface area contributed by atoms with Crippen molar-refractivity contribution >= 4 is 5.97 Å². The van der Waals surface area contributed by atoms with E-state index in [9.17, 15) is 15.0 Å². The maximum atomic E-state index is 11.7. The first-order valence-electron chi connectivity index (χ1n) is 12.8. The van der Waals surface area contributed by atoms with Crippen molar-refractivity contribution in [3.63, 3.8) is 0 Å². The molecule has 0 spiro atoms. The first-order chi connectivity index (χ1) is 14.7. The number of aliphatic hydroxyl groups excluding tert-OH is 2. The van der Waals surface area contributed by atoms with Crippen molar-refractivity contribution < 1.29 is 19.7 Å². The van der Waals surface area contributed by atoms with Gasteiger partial charge in [0.1, 0.15) is 0 Å². The number of methoxy groups -OCH3 is 1. The van der Waals surface area contributed by atoms with E-state index in [1.54, 1.807) is 0 Å². The zero-order chi connectivity index (χ0) is 22.6. The molecule has 0 radical (unpaired) electrons. The largest absolute Gasteiger partial charge is 0.469 e. The van der Waals surface area contributed by atoms with E-state index in [1.165, 1.54) is 38.4 Å². The Balaban J connectivity index is 1.60. The SMILES string of the molecule is C/C=C1/C(O)C2C3CC[C@H]([C@H](C)CCC(=O)OC)[C@@]3(C)CCC2[C@@]2(C)CC[C@@H](O)C[C@@H]12. The second-order valence-corrected chi connectivity index (χ2v) is 11.8. The highest BCUT2D eigenvalue weighted by Crippen LogP contribution is 2.69. The van der Waals surface area contributed by atoms with Gasteiger partial charge < -0.3 is 14.9 Å². The zero-order valence-electron chi connectivity index (χ0n) is 20.3. The first-order valence-corrected chi connectivity index (χ1v) is 12.8. The van der Waals surface area contributed by atoms with Gasteiger partial charge in [-0.25, -0.2) is 0 Å². The molecule has 0 aromatic heterocycles. The Hall–Kier alpha value is -0.870. The first kappa shape index (κ1) is 23.3. The van der Waals surface area contributed by atoms with Crippen molar-refractivity contribution in [2.24, 2.45) is 46.3 Å². The van der Waals surface area contributed by atoms with Gasteiger partial charge in [-0.3, -0.25) is 4.79 Å². The van der Waals surface area contributed by atoms with Crippen LogP contribution in [0.15, 0.2) is 11.6 Å². The molecule has 0 saturated heterocycles. The number of allylic oxidation sites excluding steroid dienone is 1. The molecule has 0 heterocycles. The van der Waals surface area contributed by atoms with E-state index in [1.807, 2.05) is 0 Å². The lowest BCUT2D eigenvalue weighted by Crippen LogP contribution is -2.59. The Labute approximate surface area is 188 Å². The van der Waals surface area contributed by atoms with E-state index in [-0.39, 0.29) is 29.0 Å². The van der Waals surface area contributed by atoms with Crippen LogP contribution in [-0.2, 0) is 9.53 Å². The summed E-state index contributed by atoms with van der Waals surface area (Å²) in [6.45, 7) is 9.35. The highest BCUT2D eigenvalue weighted by atomic mass is 16.5. The molecule has 4 unspecified atom stereocenters. The van der Waals surface area contributed by atoms with Crippen molar-refractivity contribution in [2.75, 3.05) is 7.11 Å². The number of hydrogen-bond donors (Lipinski definition) is 2. The van der Waals surface area contributed by atoms with Crippen LogP contribution in [0.4, 0.5) is 0 Å². The quantitative estimate of drug-likeness (QED) is 0.478. The molecule has 0 bridgehead atoms. The monoisotopic (exact) mass is 432 g/mol. The number of rotatable bonds is 4. The van der Waals surface area contributed by atoms with E-state index in [0.717, 1.165) is 25.7 Å². The van der Waals surface area contributed by atoms with Crippen molar-refractivity contribution in [2.45, 2.75) is 97.7 Å². The van der Waals surface area contributed by atoms with Crippen LogP contribution >= 0.6 is 0 Å². The molecule has 4 saturated carbocycles. The fraction of sp³-hybridized carbons (Fsp3) is 0.889. The van der Waals surface area contributed by atoms with Crippen molar-refractivity contribution in [1.82, 2.24) is 0 Å². The molecule has 4 rings (SSSR count). The summed E-state index contributed by atoms with van der Waals surface area (Å²) in [5.41, 5.74) is 1.64. The fourth-order valence-electron chi connectivity index (χ4n) is 9.10. The van der Waals surface area contributed by atoms with Gasteiger partial charge in [0.15, 0.2) is 0 Å². The lowest BCUT2D eigenvalue weighted by molar-refractivity contribution is -0.148. The van der Waals surface area contributed by atoms with Gasteiger partial charge in [0.25, 0.3) is 0 Å². The molecule has 10 atom stereocenters. The Morgan fingerprint density at radius 3 is 2.48 bits per heavy atom. The van der Waals surface area contributed by atoms with Gasteiger partial charge in [0.05, 0.1) is 19.3 Å². The third kappa shape index (κ3) is 3.60. The summed E-state index contributed by atoms with van der Waals surface area (Å²) in [4.78, 5) is 11.7. The highest BCUT2D eigenvalue weighted by molar-refractivity contribution is 5.69. The molecular weight excluding hydrogens is 388 g/mol. The van der Waals surface area contributed by atoms with Crippen molar-refractivity contribution in [3.05, 3.63) is 11.6 Å². The molecule has 0 amide bonds. The molecule has 4 aliphatic rings. The van der Waals surface area contributed by atoms with Gasteiger partial charge in [-0.05, 0) is 110 Å². The number of fused-ring (bicyclic) bond motifs is 5. The minimum absolute atomic E-state index is 0.103. The molecule has 0 aromatic carbocycles. The van der Waals surface area contributed by atoms with Gasteiger partial charge in [0, 0.05) is 6.42 Å². The Morgan fingerprint density at radius 1 is 1.13 bits per heavy atom. The molecule has 176 valence electrons. The zero-order valence-corrected chi connectivity index (χ0v) is 20.3. The third-order valence-corrected chi connectivity index (χ3v) is 10.7. The van der Waals surface area contributed by atoms with Crippen LogP contribution in [0.5, 0.6) is 0 Å². The van der Waals surface area contributed by atoms with Gasteiger partial charge in [0.2, 0.25) is 0 Å². The number of aliphatic hydroxyl groups is 2. The summed E-state index contributed by atoms with van der Waals surface area (Å²) in [5, 5.41) is 22.1. The molecule has 2 N–H and O–H groups in total. The second kappa shape index (κ2) is 8.48. The predicted molar refractivity (Wildman–Crippen MR) is 122 cm³/mol. The highest BCUT2D eigenvalue weighted by Gasteiger charge is 2.63. The molecule has 0 aliphatic heterocycles. The van der Waals surface area contributed by atoms with Crippen LogP contribution < -0.4 is 0 Å². The smallest absolute Gasteiger partial charge is 0.305 e. The molecule has 4 nitrogen and oxygen atoms in total. The van der Waals surface area contributed by atoms with E-state index in [4.69, 9.17) is 4.74 Å². The van der Waals surface area contributed by atoms with E-state index in [2.05, 4.69) is 33.8 Å². The van der Waals surface area contributed by atoms with Gasteiger partial charge in [-0.2, -0.15) is 0 Å². The van der Waals surface area contributed by atoms with Crippen LogP contribution in [0.3, 0.4) is 0 Å². The van der Waals surface area contributed by atoms with E-state index in [0.29, 0.717) is 41.9 Å². The van der Waals surface area contributed by atoms with Crippen LogP contribution in [0, 0.1) is 46.3 Å². The summed E-state index contributed by atoms with van der Waals surface area (Å²) in [5.74, 6) is 2.76. The lowest BCUT2D eigenvalue weighted by Gasteiger charge is -2.63. The summed E-state index contributed by atoms with van der Waals surface area (Å²) in [6, 6.07) is 0. The summed E-state index contributed by atoms with van der Waals surface area (Å²) in [6.07, 6.45) is 10.6. The number of esters is 1. The predicted octanol–water partition coefficient (Wildman–Crippen LogP) is 5.12. The van der Waals surface area contributed by atoms with E-state index >= 15 is 0 Å². The maximum Gasteiger partial charge on any atom is 0.305 e. The van der Waals surface area contributed by atoms with E-state index < -0.39 is 0 Å². The fourth-order valence-corrected chi connectivity index (χ4v) is 9.10. The van der Waals surface area contributed by atoms with Crippen LogP contribution in [-0.4, -0.2) is 35.5 Å². The molecule has 4 fully saturated rings. The lowest BCUT2D eigenvalue weighted by atomic mass is 9.42. The molecule has 31 heavy (non-hydrogen) atoms. The van der Waals surface area contributed by atoms with Crippen LogP contribution in [0.1, 0.15) is 85.5 Å². The Kier molecular flexibility index (Phi) is 6.37. The molecule has 4 heteroatoms. The standard InChI is InChI=1S/C27H44O4/c1-6-18-22-15-17(28)11-13-27(22,4)21-12-14-26(3)19(16(2)7-10-23(29)31-5)8-9-20(26)24(21)25(18)30/h6,16-17,19-22,24-25,28,30H,7-15H2,1-5H3/b18-6+/t16-,17-,19-,20?,21?,22+,24?,25?,26-,27-/m1/s1. The number of carbonyl (C=O) groups excluding carboxylic acids is 1. The normalized spacial score (nSPS) is 49.1. The average molecular weight is 433 g/mol. The van der Waals surface area contributed by atoms with Gasteiger partial charge in [-0.15, -0.1) is 0 Å². The second-order valence-electron chi connectivity index (χ2n) is 11.8. The maximum absolute atomic E-state index is 11.7. The number of ether oxygens (including phenoxy) is 1. The Morgan fingerprint density at radius 2 is 1.81 bits per heavy atom. The minimum atomic E-state index is -0.368. The molecular formula is C27H44O4. The summed E-state index contributed by atoms with van der Waals surface area (Å²) >= 11 is 0. The van der Waals surface area contributed by atoms with Crippen LogP contribution in [0.25, 0.3) is 0 Å². The van der Waals surface area contributed by atoms with Crippen molar-refractivity contribution in [3.8, 4) is 0 Å². The third-order valence-electron chi connectivity index (χ3n) is 10.7. The van der Waals surface area contributed by atoms with Gasteiger partial charge in [-0.1, -0.05) is 26.8 Å². The Bertz CT molecular complexity index is 716. The van der Waals surface area contributed by atoms with Crippen LogP contribution in [0.2, 0.25) is 0 Å². The summed E-state index contributed by atoms with van der Waals surface area (Å²) < 4.78 is 4.88. The van der Waals surface area contributed by atoms with Gasteiger partial charge >= 0.3 is 5.97 Å². The minimum Gasteiger partial charge on any atom is -0.469 e. The topological polar surface area (TPSA) is 66.8 Å². The van der Waals surface area contributed by atoms with Crippen molar-refractivity contribution in [1.29, 1.82) is 0 Å².